The fraction of sp³-hybridized carbons (Fsp3) is 0.250. The van der Waals surface area contributed by atoms with Crippen LogP contribution in [0.2, 0.25) is 0 Å². The van der Waals surface area contributed by atoms with E-state index >= 15 is 0 Å². The predicted octanol–water partition coefficient (Wildman–Crippen LogP) is 3.47. The van der Waals surface area contributed by atoms with Crippen LogP contribution in [0.15, 0.2) is 46.9 Å². The third-order valence-corrected chi connectivity index (χ3v) is 4.08. The molecule has 0 aliphatic carbocycles. The van der Waals surface area contributed by atoms with Gasteiger partial charge in [0.25, 0.3) is 0 Å². The first-order valence-corrected chi connectivity index (χ1v) is 8.35. The Morgan fingerprint density at radius 2 is 1.88 bits per heavy atom. The summed E-state index contributed by atoms with van der Waals surface area (Å²) in [5.74, 6) is 1.05. The van der Waals surface area contributed by atoms with Gasteiger partial charge >= 0.3 is 6.01 Å². The van der Waals surface area contributed by atoms with Crippen LogP contribution in [0.3, 0.4) is 0 Å². The van der Waals surface area contributed by atoms with Gasteiger partial charge in [0, 0.05) is 0 Å². The van der Waals surface area contributed by atoms with Crippen molar-refractivity contribution in [3.8, 4) is 5.75 Å². The molecular weight excluding hydrogens is 330 g/mol. The van der Waals surface area contributed by atoms with E-state index in [1.165, 1.54) is 5.56 Å². The Morgan fingerprint density at radius 1 is 1.12 bits per heavy atom. The van der Waals surface area contributed by atoms with Crippen molar-refractivity contribution in [1.29, 1.82) is 0 Å². The average molecular weight is 351 g/mol. The number of rotatable bonds is 6. The molecule has 0 radical (unpaired) electrons. The van der Waals surface area contributed by atoms with E-state index in [4.69, 9.17) is 9.15 Å². The summed E-state index contributed by atoms with van der Waals surface area (Å²) in [6.45, 7) is 4.02. The zero-order chi connectivity index (χ0) is 18.5. The van der Waals surface area contributed by atoms with Crippen LogP contribution in [-0.2, 0) is 17.6 Å². The van der Waals surface area contributed by atoms with Crippen molar-refractivity contribution in [2.75, 3.05) is 12.4 Å². The SMILES string of the molecule is COc1ccc(Cc2nnc(NC(=O)Cc3ccc(C)cc3C)o2)cc1. The second kappa shape index (κ2) is 7.82. The smallest absolute Gasteiger partial charge is 0.322 e. The molecule has 6 heteroatoms. The molecule has 1 aromatic heterocycles. The van der Waals surface area contributed by atoms with Crippen molar-refractivity contribution >= 4 is 11.9 Å². The van der Waals surface area contributed by atoms with E-state index in [-0.39, 0.29) is 18.3 Å². The zero-order valence-corrected chi connectivity index (χ0v) is 15.1. The first kappa shape index (κ1) is 17.7. The molecule has 134 valence electrons. The molecule has 1 heterocycles. The monoisotopic (exact) mass is 351 g/mol. The van der Waals surface area contributed by atoms with Crippen LogP contribution in [-0.4, -0.2) is 23.2 Å². The van der Waals surface area contributed by atoms with Crippen LogP contribution < -0.4 is 10.1 Å². The molecule has 0 spiro atoms. The summed E-state index contributed by atoms with van der Waals surface area (Å²) >= 11 is 0. The van der Waals surface area contributed by atoms with E-state index in [1.807, 2.05) is 50.2 Å². The molecular formula is C20H21N3O3. The lowest BCUT2D eigenvalue weighted by molar-refractivity contribution is -0.115. The van der Waals surface area contributed by atoms with Crippen molar-refractivity contribution in [2.45, 2.75) is 26.7 Å². The Balaban J connectivity index is 1.59. The first-order valence-electron chi connectivity index (χ1n) is 8.35. The number of anilines is 1. The highest BCUT2D eigenvalue weighted by molar-refractivity contribution is 5.90. The second-order valence-corrected chi connectivity index (χ2v) is 6.18. The Morgan fingerprint density at radius 3 is 2.58 bits per heavy atom. The number of ether oxygens (including phenoxy) is 1. The summed E-state index contributed by atoms with van der Waals surface area (Å²) in [5.41, 5.74) is 4.26. The molecule has 0 bridgehead atoms. The largest absolute Gasteiger partial charge is 0.497 e. The fourth-order valence-electron chi connectivity index (χ4n) is 2.67. The number of carbonyl (C=O) groups is 1. The molecule has 26 heavy (non-hydrogen) atoms. The van der Waals surface area contributed by atoms with Crippen LogP contribution in [0, 0.1) is 13.8 Å². The van der Waals surface area contributed by atoms with Gasteiger partial charge in [-0.2, -0.15) is 0 Å². The Kier molecular flexibility index (Phi) is 5.31. The number of hydrogen-bond acceptors (Lipinski definition) is 5. The summed E-state index contributed by atoms with van der Waals surface area (Å²) in [7, 11) is 1.63. The summed E-state index contributed by atoms with van der Waals surface area (Å²) in [5, 5.41) is 10.5. The maximum Gasteiger partial charge on any atom is 0.322 e. The lowest BCUT2D eigenvalue weighted by Gasteiger charge is -2.06. The van der Waals surface area contributed by atoms with Gasteiger partial charge in [-0.05, 0) is 42.7 Å². The summed E-state index contributed by atoms with van der Waals surface area (Å²) in [6, 6.07) is 13.7. The standard InChI is InChI=1S/C20H21N3O3/c1-13-4-7-16(14(2)10-13)12-18(24)21-20-23-22-19(26-20)11-15-5-8-17(25-3)9-6-15/h4-10H,11-12H2,1-3H3,(H,21,23,24). The summed E-state index contributed by atoms with van der Waals surface area (Å²) in [4.78, 5) is 12.2. The maximum absolute atomic E-state index is 12.2. The zero-order valence-electron chi connectivity index (χ0n) is 15.1. The molecule has 2 aromatic carbocycles. The van der Waals surface area contributed by atoms with E-state index in [0.717, 1.165) is 22.4 Å². The Labute approximate surface area is 152 Å². The van der Waals surface area contributed by atoms with Crippen molar-refractivity contribution in [3.63, 3.8) is 0 Å². The molecule has 0 aliphatic heterocycles. The van der Waals surface area contributed by atoms with Gasteiger partial charge < -0.3 is 9.15 Å². The van der Waals surface area contributed by atoms with Gasteiger partial charge in [-0.1, -0.05) is 41.0 Å². The molecule has 0 saturated heterocycles. The number of hydrogen-bond donors (Lipinski definition) is 1. The van der Waals surface area contributed by atoms with E-state index in [0.29, 0.717) is 12.3 Å². The van der Waals surface area contributed by atoms with Gasteiger partial charge in [-0.25, -0.2) is 0 Å². The van der Waals surface area contributed by atoms with Crippen LogP contribution >= 0.6 is 0 Å². The fourth-order valence-corrected chi connectivity index (χ4v) is 2.67. The van der Waals surface area contributed by atoms with Crippen molar-refractivity contribution in [1.82, 2.24) is 10.2 Å². The highest BCUT2D eigenvalue weighted by atomic mass is 16.5. The molecule has 0 aliphatic rings. The number of carbonyl (C=O) groups excluding carboxylic acids is 1. The van der Waals surface area contributed by atoms with Gasteiger partial charge in [0.2, 0.25) is 11.8 Å². The maximum atomic E-state index is 12.2. The molecule has 0 saturated carbocycles. The number of nitrogens with one attached hydrogen (secondary N) is 1. The highest BCUT2D eigenvalue weighted by Gasteiger charge is 2.12. The van der Waals surface area contributed by atoms with Gasteiger partial charge in [0.05, 0.1) is 20.0 Å². The third-order valence-electron chi connectivity index (χ3n) is 4.08. The number of benzene rings is 2. The number of nitrogens with zero attached hydrogens (tertiary/aromatic N) is 2. The molecule has 1 amide bonds. The van der Waals surface area contributed by atoms with Crippen LogP contribution in [0.25, 0.3) is 0 Å². The topological polar surface area (TPSA) is 77.3 Å². The minimum atomic E-state index is -0.184. The molecule has 0 atom stereocenters. The number of aryl methyl sites for hydroxylation is 2. The molecule has 6 nitrogen and oxygen atoms in total. The summed E-state index contributed by atoms with van der Waals surface area (Å²) < 4.78 is 10.6. The van der Waals surface area contributed by atoms with Crippen molar-refractivity contribution < 1.29 is 13.9 Å². The average Bonchev–Trinajstić information content (AvgIpc) is 3.05. The van der Waals surface area contributed by atoms with E-state index in [1.54, 1.807) is 7.11 Å². The normalized spacial score (nSPS) is 10.6. The lowest BCUT2D eigenvalue weighted by Crippen LogP contribution is -2.15. The number of amides is 1. The molecule has 3 aromatic rings. The quantitative estimate of drug-likeness (QED) is 0.736. The molecule has 0 fully saturated rings. The molecule has 0 unspecified atom stereocenters. The number of aromatic nitrogens is 2. The van der Waals surface area contributed by atoms with Crippen molar-refractivity contribution in [2.24, 2.45) is 0 Å². The third kappa shape index (κ3) is 4.47. The van der Waals surface area contributed by atoms with Gasteiger partial charge in [0.1, 0.15) is 5.75 Å². The van der Waals surface area contributed by atoms with Crippen LogP contribution in [0.4, 0.5) is 6.01 Å². The van der Waals surface area contributed by atoms with Gasteiger partial charge in [0.15, 0.2) is 0 Å². The minimum Gasteiger partial charge on any atom is -0.497 e. The summed E-state index contributed by atoms with van der Waals surface area (Å²) in [6.07, 6.45) is 0.756. The molecule has 3 rings (SSSR count). The number of methoxy groups -OCH3 is 1. The van der Waals surface area contributed by atoms with E-state index < -0.39 is 0 Å². The Bertz CT molecular complexity index is 901. The van der Waals surface area contributed by atoms with E-state index in [2.05, 4.69) is 21.6 Å². The van der Waals surface area contributed by atoms with Crippen LogP contribution in [0.1, 0.15) is 28.1 Å². The Hall–Kier alpha value is -3.15. The predicted molar refractivity (Wildman–Crippen MR) is 98.3 cm³/mol. The minimum absolute atomic E-state index is 0.114. The van der Waals surface area contributed by atoms with E-state index in [9.17, 15) is 4.79 Å². The van der Waals surface area contributed by atoms with Gasteiger partial charge in [-0.3, -0.25) is 10.1 Å². The second-order valence-electron chi connectivity index (χ2n) is 6.18. The highest BCUT2D eigenvalue weighted by Crippen LogP contribution is 2.16. The lowest BCUT2D eigenvalue weighted by atomic mass is 10.0. The van der Waals surface area contributed by atoms with Crippen molar-refractivity contribution in [3.05, 3.63) is 70.6 Å². The van der Waals surface area contributed by atoms with Crippen LogP contribution in [0.5, 0.6) is 5.75 Å². The van der Waals surface area contributed by atoms with Gasteiger partial charge in [-0.15, -0.1) is 5.10 Å². The molecule has 1 N–H and O–H groups in total. The first-order chi connectivity index (χ1) is 12.5.